The van der Waals surface area contributed by atoms with Gasteiger partial charge in [-0.25, -0.2) is 24.7 Å². The number of nitrogens with one attached hydrogen (secondary N) is 1. The van der Waals surface area contributed by atoms with Crippen LogP contribution in [0, 0.1) is 6.92 Å². The fraction of sp³-hybridized carbons (Fsp3) is 0.364. The first-order valence-corrected chi connectivity index (χ1v) is 6.74. The summed E-state index contributed by atoms with van der Waals surface area (Å²) in [7, 11) is 0. The summed E-state index contributed by atoms with van der Waals surface area (Å²) in [5.74, 6) is -1.07. The minimum Gasteiger partial charge on any atom is -0.478 e. The molecule has 0 spiro atoms. The van der Waals surface area contributed by atoms with Crippen molar-refractivity contribution in [3.05, 3.63) is 27.9 Å². The Morgan fingerprint density at radius 3 is 2.90 bits per heavy atom. The molecule has 0 saturated carbocycles. The molecule has 20 heavy (non-hydrogen) atoms. The van der Waals surface area contributed by atoms with Crippen molar-refractivity contribution < 1.29 is 9.90 Å². The number of H-pyrrole nitrogens is 1. The lowest BCUT2D eigenvalue weighted by Gasteiger charge is -2.04. The number of aromatic nitrogens is 5. The molecular weight excluding hydrogens is 282 g/mol. The number of aromatic carboxylic acids is 1. The van der Waals surface area contributed by atoms with Crippen LogP contribution < -0.4 is 5.69 Å². The van der Waals surface area contributed by atoms with Crippen LogP contribution in [0.2, 0.25) is 0 Å². The number of carbonyl (C=O) groups is 1. The quantitative estimate of drug-likeness (QED) is 0.788. The summed E-state index contributed by atoms with van der Waals surface area (Å²) in [5.41, 5.74) is 0.144. The normalized spacial score (nSPS) is 10.7. The Kier molecular flexibility index (Phi) is 4.18. The van der Waals surface area contributed by atoms with E-state index in [2.05, 4.69) is 20.2 Å². The molecule has 2 rings (SSSR count). The van der Waals surface area contributed by atoms with Gasteiger partial charge in [-0.1, -0.05) is 6.92 Å². The van der Waals surface area contributed by atoms with Crippen LogP contribution in [0.25, 0.3) is 0 Å². The van der Waals surface area contributed by atoms with Crippen LogP contribution >= 0.6 is 11.8 Å². The number of aromatic amines is 1. The van der Waals surface area contributed by atoms with Crippen LogP contribution in [0.15, 0.2) is 21.3 Å². The summed E-state index contributed by atoms with van der Waals surface area (Å²) in [5, 5.41) is 16.0. The van der Waals surface area contributed by atoms with Gasteiger partial charge in [0.25, 0.3) is 0 Å². The highest BCUT2D eigenvalue weighted by molar-refractivity contribution is 7.99. The number of carboxylic acids is 1. The Labute approximate surface area is 118 Å². The Morgan fingerprint density at radius 1 is 1.55 bits per heavy atom. The molecule has 8 nitrogen and oxygen atoms in total. The number of hydrogen-bond donors (Lipinski definition) is 2. The van der Waals surface area contributed by atoms with Gasteiger partial charge in [0.05, 0.1) is 11.3 Å². The van der Waals surface area contributed by atoms with Crippen molar-refractivity contribution in [2.24, 2.45) is 0 Å². The highest BCUT2D eigenvalue weighted by Crippen LogP contribution is 2.22. The van der Waals surface area contributed by atoms with Gasteiger partial charge in [-0.15, -0.1) is 5.10 Å². The summed E-state index contributed by atoms with van der Waals surface area (Å²) in [4.78, 5) is 30.5. The molecule has 0 atom stereocenters. The van der Waals surface area contributed by atoms with Gasteiger partial charge in [0.1, 0.15) is 0 Å². The van der Waals surface area contributed by atoms with E-state index in [4.69, 9.17) is 5.11 Å². The summed E-state index contributed by atoms with van der Waals surface area (Å²) in [6.07, 6.45) is 2.05. The molecule has 0 aliphatic carbocycles. The van der Waals surface area contributed by atoms with E-state index in [1.165, 1.54) is 10.8 Å². The standard InChI is InChI=1S/C11H13N5O3S/c1-3-4-16-10(19)14-15-11(16)20-9-12-5-7(8(17)18)6(2)13-9/h5H,3-4H2,1-2H3,(H,14,19)(H,17,18). The average Bonchev–Trinajstić information content (AvgIpc) is 2.72. The zero-order chi connectivity index (χ0) is 14.7. The Bertz CT molecular complexity index is 694. The zero-order valence-electron chi connectivity index (χ0n) is 11.0. The van der Waals surface area contributed by atoms with Crippen molar-refractivity contribution in [2.45, 2.75) is 37.1 Å². The summed E-state index contributed by atoms with van der Waals surface area (Å²) < 4.78 is 1.49. The Morgan fingerprint density at radius 2 is 2.30 bits per heavy atom. The molecule has 2 heterocycles. The van der Waals surface area contributed by atoms with Crippen molar-refractivity contribution in [1.82, 2.24) is 24.7 Å². The monoisotopic (exact) mass is 295 g/mol. The molecule has 0 saturated heterocycles. The second kappa shape index (κ2) is 5.87. The van der Waals surface area contributed by atoms with Crippen LogP contribution in [0.3, 0.4) is 0 Å². The Balaban J connectivity index is 2.29. The fourth-order valence-corrected chi connectivity index (χ4v) is 2.42. The molecule has 0 aliphatic heterocycles. The van der Waals surface area contributed by atoms with Crippen molar-refractivity contribution in [3.8, 4) is 0 Å². The first kappa shape index (κ1) is 14.3. The number of aryl methyl sites for hydroxylation is 1. The van der Waals surface area contributed by atoms with Gasteiger partial charge in [0.2, 0.25) is 0 Å². The molecule has 0 radical (unpaired) electrons. The van der Waals surface area contributed by atoms with Crippen LogP contribution in [0.1, 0.15) is 29.4 Å². The fourth-order valence-electron chi connectivity index (χ4n) is 1.59. The molecule has 0 aromatic carbocycles. The number of hydrogen-bond acceptors (Lipinski definition) is 6. The van der Waals surface area contributed by atoms with Gasteiger partial charge in [-0.2, -0.15) is 0 Å². The molecule has 0 aliphatic rings. The van der Waals surface area contributed by atoms with E-state index in [1.54, 1.807) is 6.92 Å². The maximum atomic E-state index is 11.5. The lowest BCUT2D eigenvalue weighted by Crippen LogP contribution is -2.17. The molecule has 9 heteroatoms. The highest BCUT2D eigenvalue weighted by Gasteiger charge is 2.14. The van der Waals surface area contributed by atoms with Crippen molar-refractivity contribution in [2.75, 3.05) is 0 Å². The minimum absolute atomic E-state index is 0.0577. The largest absolute Gasteiger partial charge is 0.478 e. The van der Waals surface area contributed by atoms with Crippen molar-refractivity contribution in [3.63, 3.8) is 0 Å². The third-order valence-corrected chi connectivity index (χ3v) is 3.41. The third-order valence-electron chi connectivity index (χ3n) is 2.54. The maximum absolute atomic E-state index is 11.5. The first-order chi connectivity index (χ1) is 9.52. The van der Waals surface area contributed by atoms with Crippen molar-refractivity contribution >= 4 is 17.7 Å². The summed E-state index contributed by atoms with van der Waals surface area (Å²) >= 11 is 1.12. The second-order valence-corrected chi connectivity index (χ2v) is 4.96. The van der Waals surface area contributed by atoms with E-state index in [0.717, 1.165) is 18.2 Å². The van der Waals surface area contributed by atoms with E-state index in [0.29, 0.717) is 22.6 Å². The number of carboxylic acid groups (broad SMARTS) is 1. The van der Waals surface area contributed by atoms with Gasteiger partial charge in [0.15, 0.2) is 10.3 Å². The molecular formula is C11H13N5O3S. The number of nitrogens with zero attached hydrogens (tertiary/aromatic N) is 4. The van der Waals surface area contributed by atoms with Crippen LogP contribution in [0.4, 0.5) is 0 Å². The average molecular weight is 295 g/mol. The highest BCUT2D eigenvalue weighted by atomic mass is 32.2. The topological polar surface area (TPSA) is 114 Å². The molecule has 0 bridgehead atoms. The molecule has 2 aromatic heterocycles. The van der Waals surface area contributed by atoms with Crippen LogP contribution in [-0.4, -0.2) is 35.8 Å². The van der Waals surface area contributed by atoms with Gasteiger partial charge in [-0.3, -0.25) is 4.57 Å². The van der Waals surface area contributed by atoms with E-state index in [1.807, 2.05) is 6.92 Å². The van der Waals surface area contributed by atoms with Gasteiger partial charge in [-0.05, 0) is 25.1 Å². The lowest BCUT2D eigenvalue weighted by atomic mass is 10.2. The van der Waals surface area contributed by atoms with Gasteiger partial charge < -0.3 is 5.11 Å². The summed E-state index contributed by atoms with van der Waals surface area (Å²) in [6.45, 7) is 4.10. The van der Waals surface area contributed by atoms with E-state index >= 15 is 0 Å². The zero-order valence-corrected chi connectivity index (χ0v) is 11.8. The Hall–Kier alpha value is -2.16. The minimum atomic E-state index is -1.07. The van der Waals surface area contributed by atoms with E-state index in [-0.39, 0.29) is 11.3 Å². The third kappa shape index (κ3) is 2.87. The van der Waals surface area contributed by atoms with Crippen LogP contribution in [-0.2, 0) is 6.54 Å². The molecule has 106 valence electrons. The predicted molar refractivity (Wildman–Crippen MR) is 71.0 cm³/mol. The molecule has 2 N–H and O–H groups in total. The van der Waals surface area contributed by atoms with E-state index < -0.39 is 5.97 Å². The second-order valence-electron chi connectivity index (χ2n) is 4.02. The smallest absolute Gasteiger partial charge is 0.343 e. The van der Waals surface area contributed by atoms with Crippen molar-refractivity contribution in [1.29, 1.82) is 0 Å². The van der Waals surface area contributed by atoms with Crippen LogP contribution in [0.5, 0.6) is 0 Å². The summed E-state index contributed by atoms with van der Waals surface area (Å²) in [6, 6.07) is 0. The maximum Gasteiger partial charge on any atom is 0.343 e. The first-order valence-electron chi connectivity index (χ1n) is 5.93. The molecule has 0 fully saturated rings. The number of rotatable bonds is 5. The lowest BCUT2D eigenvalue weighted by molar-refractivity contribution is 0.0695. The predicted octanol–water partition coefficient (Wildman–Crippen LogP) is 0.929. The van der Waals surface area contributed by atoms with Gasteiger partial charge in [0, 0.05) is 12.7 Å². The van der Waals surface area contributed by atoms with E-state index in [9.17, 15) is 9.59 Å². The van der Waals surface area contributed by atoms with Gasteiger partial charge >= 0.3 is 11.7 Å². The molecule has 2 aromatic rings. The SMILES string of the molecule is CCCn1c(Sc2ncc(C(=O)O)c(C)n2)n[nH]c1=O. The molecule has 0 unspecified atom stereocenters. The molecule has 0 amide bonds.